The fourth-order valence-corrected chi connectivity index (χ4v) is 1.87. The first-order chi connectivity index (χ1) is 5.66. The van der Waals surface area contributed by atoms with Crippen molar-refractivity contribution < 1.29 is 0 Å². The van der Waals surface area contributed by atoms with Crippen molar-refractivity contribution in [2.75, 3.05) is 0 Å². The van der Waals surface area contributed by atoms with Crippen molar-refractivity contribution in [1.29, 1.82) is 0 Å². The third-order valence-corrected chi connectivity index (χ3v) is 3.07. The fraction of sp³-hybridized carbons (Fsp3) is 0. The van der Waals surface area contributed by atoms with Gasteiger partial charge in [0.1, 0.15) is 0 Å². The molecule has 2 nitrogen and oxygen atoms in total. The monoisotopic (exact) mass is 308 g/mol. The summed E-state index contributed by atoms with van der Waals surface area (Å²) in [6, 6.07) is 3.71. The first kappa shape index (κ1) is 8.53. The Hall–Kier alpha value is -0.0600. The van der Waals surface area contributed by atoms with Gasteiger partial charge < -0.3 is 4.98 Å². The fourth-order valence-electron chi connectivity index (χ4n) is 0.974. The van der Waals surface area contributed by atoms with Gasteiger partial charge in [-0.2, -0.15) is 0 Å². The number of imidazole rings is 1. The molecule has 2 rings (SSSR count). The molecule has 1 N–H and O–H groups in total. The van der Waals surface area contributed by atoms with E-state index in [1.54, 1.807) is 0 Å². The van der Waals surface area contributed by atoms with Crippen LogP contribution in [0.25, 0.3) is 11.0 Å². The lowest BCUT2D eigenvalue weighted by Gasteiger charge is -1.93. The van der Waals surface area contributed by atoms with Crippen molar-refractivity contribution in [2.45, 2.75) is 0 Å². The summed E-state index contributed by atoms with van der Waals surface area (Å²) in [5, 5.41) is 0.679. The number of nitrogens with zero attached hydrogens (tertiary/aromatic N) is 1. The Kier molecular flexibility index (Phi) is 2.14. The number of hydrogen-bond donors (Lipinski definition) is 1. The van der Waals surface area contributed by atoms with Crippen LogP contribution in [0.15, 0.2) is 21.3 Å². The third kappa shape index (κ3) is 1.39. The van der Waals surface area contributed by atoms with Gasteiger partial charge in [-0.1, -0.05) is 11.6 Å². The van der Waals surface area contributed by atoms with E-state index in [1.165, 1.54) is 0 Å². The summed E-state index contributed by atoms with van der Waals surface area (Å²) in [4.78, 5) is 7.21. The van der Waals surface area contributed by atoms with E-state index in [9.17, 15) is 0 Å². The van der Waals surface area contributed by atoms with Gasteiger partial charge in [-0.05, 0) is 44.0 Å². The van der Waals surface area contributed by atoms with Crippen molar-refractivity contribution in [1.82, 2.24) is 9.97 Å². The van der Waals surface area contributed by atoms with Gasteiger partial charge in [-0.25, -0.2) is 4.98 Å². The first-order valence-corrected chi connectivity index (χ1v) is 5.13. The van der Waals surface area contributed by atoms with Gasteiger partial charge in [0.05, 0.1) is 16.1 Å². The van der Waals surface area contributed by atoms with Gasteiger partial charge in [-0.15, -0.1) is 0 Å². The Morgan fingerprint density at radius 2 is 2.08 bits per heavy atom. The van der Waals surface area contributed by atoms with E-state index < -0.39 is 0 Å². The number of aromatic amines is 1. The van der Waals surface area contributed by atoms with E-state index in [-0.39, 0.29) is 0 Å². The highest BCUT2D eigenvalue weighted by atomic mass is 79.9. The average Bonchev–Trinajstić information content (AvgIpc) is 2.30. The topological polar surface area (TPSA) is 28.7 Å². The highest BCUT2D eigenvalue weighted by molar-refractivity contribution is 9.10. The summed E-state index contributed by atoms with van der Waals surface area (Å²) in [6.45, 7) is 0. The van der Waals surface area contributed by atoms with Gasteiger partial charge in [0.25, 0.3) is 0 Å². The Morgan fingerprint density at radius 3 is 2.83 bits per heavy atom. The van der Waals surface area contributed by atoms with E-state index in [0.717, 1.165) is 15.5 Å². The van der Waals surface area contributed by atoms with Crippen LogP contribution in [0.5, 0.6) is 0 Å². The largest absolute Gasteiger partial charge is 0.332 e. The second-order valence-corrected chi connectivity index (χ2v) is 4.32. The highest BCUT2D eigenvalue weighted by Gasteiger charge is 2.03. The number of hydrogen-bond acceptors (Lipinski definition) is 1. The number of rotatable bonds is 0. The molecule has 12 heavy (non-hydrogen) atoms. The zero-order valence-electron chi connectivity index (χ0n) is 5.74. The third-order valence-electron chi connectivity index (χ3n) is 1.50. The molecule has 0 radical (unpaired) electrons. The molecule has 2 aromatic rings. The number of nitrogens with one attached hydrogen (secondary N) is 1. The number of fused-ring (bicyclic) bond motifs is 1. The predicted octanol–water partition coefficient (Wildman–Crippen LogP) is 3.74. The molecular weight excluding hydrogens is 307 g/mol. The maximum absolute atomic E-state index is 5.89. The van der Waals surface area contributed by atoms with Crippen LogP contribution in [0.2, 0.25) is 5.02 Å². The molecule has 5 heteroatoms. The maximum Gasteiger partial charge on any atom is 0.175 e. The minimum Gasteiger partial charge on any atom is -0.332 e. The lowest BCUT2D eigenvalue weighted by atomic mass is 10.3. The molecule has 1 heterocycles. The van der Waals surface area contributed by atoms with Crippen LogP contribution < -0.4 is 0 Å². The van der Waals surface area contributed by atoms with Gasteiger partial charge >= 0.3 is 0 Å². The van der Waals surface area contributed by atoms with Crippen LogP contribution in [-0.4, -0.2) is 9.97 Å². The second kappa shape index (κ2) is 3.01. The van der Waals surface area contributed by atoms with Crippen LogP contribution >= 0.6 is 43.5 Å². The zero-order valence-corrected chi connectivity index (χ0v) is 9.66. The second-order valence-electron chi connectivity index (χ2n) is 2.31. The van der Waals surface area contributed by atoms with Crippen LogP contribution in [0.1, 0.15) is 0 Å². The number of halogens is 3. The van der Waals surface area contributed by atoms with E-state index in [0.29, 0.717) is 9.76 Å². The van der Waals surface area contributed by atoms with Gasteiger partial charge in [0.15, 0.2) is 4.73 Å². The quantitative estimate of drug-likeness (QED) is 0.789. The Bertz CT molecular complexity index is 399. The molecule has 0 unspecified atom stereocenters. The molecule has 0 aliphatic carbocycles. The summed E-state index contributed by atoms with van der Waals surface area (Å²) in [7, 11) is 0. The standard InChI is InChI=1S/C7H3Br2ClN2/c8-3-1-5-6(2-4(3)10)12-7(9)11-5/h1-2H,(H,11,12). The van der Waals surface area contributed by atoms with Crippen molar-refractivity contribution in [3.05, 3.63) is 26.4 Å². The Morgan fingerprint density at radius 1 is 1.33 bits per heavy atom. The minimum atomic E-state index is 0.679. The summed E-state index contributed by atoms with van der Waals surface area (Å²) in [6.07, 6.45) is 0. The minimum absolute atomic E-state index is 0.679. The predicted molar refractivity (Wildman–Crippen MR) is 56.5 cm³/mol. The molecule has 0 aliphatic rings. The molecule has 0 saturated carbocycles. The molecule has 0 saturated heterocycles. The van der Waals surface area contributed by atoms with Crippen molar-refractivity contribution in [2.24, 2.45) is 0 Å². The van der Waals surface area contributed by atoms with Crippen LogP contribution in [0.4, 0.5) is 0 Å². The zero-order chi connectivity index (χ0) is 8.72. The molecular formula is C7H3Br2ClN2. The summed E-state index contributed by atoms with van der Waals surface area (Å²) < 4.78 is 1.57. The molecule has 0 aliphatic heterocycles. The van der Waals surface area contributed by atoms with Crippen molar-refractivity contribution in [3.63, 3.8) is 0 Å². The van der Waals surface area contributed by atoms with Crippen molar-refractivity contribution >= 4 is 54.5 Å². The van der Waals surface area contributed by atoms with Crippen molar-refractivity contribution in [3.8, 4) is 0 Å². The summed E-state index contributed by atoms with van der Waals surface area (Å²) in [5.41, 5.74) is 1.81. The molecule has 0 bridgehead atoms. The first-order valence-electron chi connectivity index (χ1n) is 3.17. The molecule has 62 valence electrons. The lowest BCUT2D eigenvalue weighted by molar-refractivity contribution is 1.27. The van der Waals surface area contributed by atoms with Crippen LogP contribution in [0.3, 0.4) is 0 Å². The molecule has 0 amide bonds. The Labute approximate surface area is 90.6 Å². The SMILES string of the molecule is Clc1cc2[nH]c(Br)nc2cc1Br. The molecule has 1 aromatic carbocycles. The van der Waals surface area contributed by atoms with Gasteiger partial charge in [0, 0.05) is 4.47 Å². The smallest absolute Gasteiger partial charge is 0.175 e. The molecule has 0 fully saturated rings. The molecule has 0 spiro atoms. The highest BCUT2D eigenvalue weighted by Crippen LogP contribution is 2.27. The normalized spacial score (nSPS) is 10.9. The number of aromatic nitrogens is 2. The van der Waals surface area contributed by atoms with E-state index in [2.05, 4.69) is 41.8 Å². The van der Waals surface area contributed by atoms with E-state index in [1.807, 2.05) is 12.1 Å². The number of H-pyrrole nitrogens is 1. The maximum atomic E-state index is 5.89. The average molecular weight is 310 g/mol. The van der Waals surface area contributed by atoms with Crippen LogP contribution in [0, 0.1) is 0 Å². The lowest BCUT2D eigenvalue weighted by Crippen LogP contribution is -1.71. The van der Waals surface area contributed by atoms with E-state index >= 15 is 0 Å². The molecule has 0 atom stereocenters. The summed E-state index contributed by atoms with van der Waals surface area (Å²) in [5.74, 6) is 0. The van der Waals surface area contributed by atoms with Crippen LogP contribution in [-0.2, 0) is 0 Å². The Balaban J connectivity index is 2.83. The van der Waals surface area contributed by atoms with Gasteiger partial charge in [-0.3, -0.25) is 0 Å². The van der Waals surface area contributed by atoms with Gasteiger partial charge in [0.2, 0.25) is 0 Å². The summed E-state index contributed by atoms with van der Waals surface area (Å²) >= 11 is 12.5. The number of benzene rings is 1. The molecule has 1 aromatic heterocycles. The van der Waals surface area contributed by atoms with E-state index in [4.69, 9.17) is 11.6 Å².